The highest BCUT2D eigenvalue weighted by atomic mass is 16.1. The molecule has 174 valence electrons. The van der Waals surface area contributed by atoms with Crippen LogP contribution in [0, 0.1) is 0 Å². The molecule has 1 saturated heterocycles. The summed E-state index contributed by atoms with van der Waals surface area (Å²) in [5.41, 5.74) is 2.79. The van der Waals surface area contributed by atoms with Crippen LogP contribution in [0.5, 0.6) is 0 Å². The highest BCUT2D eigenvalue weighted by molar-refractivity contribution is 6.04. The van der Waals surface area contributed by atoms with Gasteiger partial charge in [-0.25, -0.2) is 9.97 Å². The zero-order chi connectivity index (χ0) is 23.5. The van der Waals surface area contributed by atoms with Gasteiger partial charge in [-0.2, -0.15) is 5.10 Å². The molecule has 34 heavy (non-hydrogen) atoms. The number of fused-ring (bicyclic) bond motifs is 1. The summed E-state index contributed by atoms with van der Waals surface area (Å²) in [6.07, 6.45) is 12.3. The van der Waals surface area contributed by atoms with Gasteiger partial charge in [0, 0.05) is 35.4 Å². The molecule has 0 unspecified atom stereocenters. The number of nitrogens with one attached hydrogen (secondary N) is 3. The number of nitrogens with zero attached hydrogens (tertiary/aromatic N) is 6. The maximum absolute atomic E-state index is 12.6. The van der Waals surface area contributed by atoms with Crippen molar-refractivity contribution in [3.8, 4) is 11.3 Å². The van der Waals surface area contributed by atoms with Crippen molar-refractivity contribution in [3.05, 3.63) is 54.9 Å². The SMILES string of the molecule is CC(C)n1cc(C(=O)Nc2cc3cc(-c4cncc(NC5CCNCC5)n4)cnc3cn2)cn1. The first-order valence-electron chi connectivity index (χ1n) is 11.5. The Morgan fingerprint density at radius 3 is 2.71 bits per heavy atom. The molecule has 5 rings (SSSR count). The minimum Gasteiger partial charge on any atom is -0.366 e. The van der Waals surface area contributed by atoms with E-state index in [4.69, 9.17) is 4.98 Å². The van der Waals surface area contributed by atoms with Gasteiger partial charge >= 0.3 is 0 Å². The van der Waals surface area contributed by atoms with Gasteiger partial charge in [-0.1, -0.05) is 0 Å². The fourth-order valence-corrected chi connectivity index (χ4v) is 3.92. The lowest BCUT2D eigenvalue weighted by Crippen LogP contribution is -2.35. The molecule has 1 amide bonds. The van der Waals surface area contributed by atoms with Gasteiger partial charge < -0.3 is 16.0 Å². The number of carbonyl (C=O) groups excluding carboxylic acids is 1. The molecule has 5 heterocycles. The summed E-state index contributed by atoms with van der Waals surface area (Å²) in [7, 11) is 0. The molecule has 10 nitrogen and oxygen atoms in total. The van der Waals surface area contributed by atoms with Gasteiger partial charge in [0.05, 0.1) is 41.6 Å². The number of hydrogen-bond donors (Lipinski definition) is 3. The van der Waals surface area contributed by atoms with E-state index >= 15 is 0 Å². The maximum atomic E-state index is 12.6. The molecule has 4 aromatic rings. The predicted octanol–water partition coefficient (Wildman–Crippen LogP) is 3.28. The van der Waals surface area contributed by atoms with Gasteiger partial charge in [-0.05, 0) is 51.9 Å². The third-order valence-electron chi connectivity index (χ3n) is 5.82. The quantitative estimate of drug-likeness (QED) is 0.403. The molecule has 0 saturated carbocycles. The van der Waals surface area contributed by atoms with Crippen LogP contribution in [-0.4, -0.2) is 54.8 Å². The average molecular weight is 458 g/mol. The van der Waals surface area contributed by atoms with Crippen molar-refractivity contribution in [2.24, 2.45) is 0 Å². The van der Waals surface area contributed by atoms with Gasteiger partial charge in [0.25, 0.3) is 5.91 Å². The van der Waals surface area contributed by atoms with Crippen LogP contribution >= 0.6 is 0 Å². The minimum absolute atomic E-state index is 0.182. The van der Waals surface area contributed by atoms with Crippen LogP contribution in [0.15, 0.2) is 49.3 Å². The predicted molar refractivity (Wildman–Crippen MR) is 131 cm³/mol. The normalized spacial score (nSPS) is 14.4. The van der Waals surface area contributed by atoms with Gasteiger partial charge in [-0.15, -0.1) is 0 Å². The fourth-order valence-electron chi connectivity index (χ4n) is 3.92. The van der Waals surface area contributed by atoms with Gasteiger partial charge in [-0.3, -0.25) is 19.4 Å². The Hall–Kier alpha value is -3.92. The number of carbonyl (C=O) groups is 1. The third-order valence-corrected chi connectivity index (χ3v) is 5.82. The lowest BCUT2D eigenvalue weighted by Gasteiger charge is -2.24. The van der Waals surface area contributed by atoms with Crippen LogP contribution in [0.1, 0.15) is 43.1 Å². The second kappa shape index (κ2) is 9.52. The molecule has 3 N–H and O–H groups in total. The summed E-state index contributed by atoms with van der Waals surface area (Å²) in [4.78, 5) is 30.6. The molecule has 1 fully saturated rings. The van der Waals surface area contributed by atoms with Crippen molar-refractivity contribution in [2.75, 3.05) is 23.7 Å². The van der Waals surface area contributed by atoms with Crippen LogP contribution in [0.25, 0.3) is 22.2 Å². The number of hydrogen-bond acceptors (Lipinski definition) is 8. The van der Waals surface area contributed by atoms with E-state index in [1.807, 2.05) is 19.9 Å². The lowest BCUT2D eigenvalue weighted by atomic mass is 10.1. The van der Waals surface area contributed by atoms with E-state index in [9.17, 15) is 4.79 Å². The van der Waals surface area contributed by atoms with E-state index in [0.29, 0.717) is 17.4 Å². The van der Waals surface area contributed by atoms with Gasteiger partial charge in [0.1, 0.15) is 11.6 Å². The highest BCUT2D eigenvalue weighted by Crippen LogP contribution is 2.23. The number of anilines is 2. The Morgan fingerprint density at radius 2 is 1.91 bits per heavy atom. The summed E-state index contributed by atoms with van der Waals surface area (Å²) in [5.74, 6) is 0.945. The second-order valence-electron chi connectivity index (χ2n) is 8.70. The molecule has 0 bridgehead atoms. The Kier molecular flexibility index (Phi) is 6.13. The largest absolute Gasteiger partial charge is 0.366 e. The zero-order valence-electron chi connectivity index (χ0n) is 19.2. The highest BCUT2D eigenvalue weighted by Gasteiger charge is 2.14. The zero-order valence-corrected chi connectivity index (χ0v) is 19.2. The number of amides is 1. The fraction of sp³-hybridized carbons (Fsp3) is 0.333. The van der Waals surface area contributed by atoms with E-state index in [0.717, 1.165) is 53.9 Å². The molecule has 4 aromatic heterocycles. The summed E-state index contributed by atoms with van der Waals surface area (Å²) in [6.45, 7) is 6.03. The molecule has 0 radical (unpaired) electrons. The van der Waals surface area contributed by atoms with Crippen LogP contribution in [0.3, 0.4) is 0 Å². The molecule has 0 aromatic carbocycles. The Morgan fingerprint density at radius 1 is 1.06 bits per heavy atom. The van der Waals surface area contributed by atoms with Crippen LogP contribution in [0.2, 0.25) is 0 Å². The number of pyridine rings is 2. The first-order valence-corrected chi connectivity index (χ1v) is 11.5. The molecule has 1 aliphatic heterocycles. The minimum atomic E-state index is -0.259. The smallest absolute Gasteiger partial charge is 0.260 e. The molecule has 0 spiro atoms. The van der Waals surface area contributed by atoms with E-state index in [1.54, 1.807) is 47.9 Å². The first-order chi connectivity index (χ1) is 16.5. The monoisotopic (exact) mass is 457 g/mol. The van der Waals surface area contributed by atoms with Crippen LogP contribution in [0.4, 0.5) is 11.6 Å². The topological polar surface area (TPSA) is 123 Å². The van der Waals surface area contributed by atoms with Crippen molar-refractivity contribution in [3.63, 3.8) is 0 Å². The van der Waals surface area contributed by atoms with Gasteiger partial charge in [0.15, 0.2) is 0 Å². The number of rotatable bonds is 6. The average Bonchev–Trinajstić information content (AvgIpc) is 3.36. The Labute approximate surface area is 197 Å². The van der Waals surface area contributed by atoms with Crippen LogP contribution in [-0.2, 0) is 0 Å². The molecule has 1 aliphatic rings. The van der Waals surface area contributed by atoms with Crippen molar-refractivity contribution in [1.29, 1.82) is 0 Å². The van der Waals surface area contributed by atoms with E-state index < -0.39 is 0 Å². The van der Waals surface area contributed by atoms with Crippen molar-refractivity contribution in [1.82, 2.24) is 35.0 Å². The Balaban J connectivity index is 1.35. The second-order valence-corrected chi connectivity index (χ2v) is 8.70. The maximum Gasteiger partial charge on any atom is 0.260 e. The van der Waals surface area contributed by atoms with Crippen LogP contribution < -0.4 is 16.0 Å². The summed E-state index contributed by atoms with van der Waals surface area (Å²) < 4.78 is 1.74. The number of aromatic nitrogens is 6. The van der Waals surface area contributed by atoms with E-state index in [2.05, 4.69) is 36.0 Å². The summed E-state index contributed by atoms with van der Waals surface area (Å²) in [5, 5.41) is 14.8. The standard InChI is InChI=1S/C24H27N9O/c1-15(2)33-14-18(10-29-33)24(34)32-22-8-16-7-17(9-27-20(16)12-28-22)21-11-26-13-23(31-21)30-19-3-5-25-6-4-19/h7-15,19,25H,3-6H2,1-2H3,(H,30,31)(H,28,32,34). The lowest BCUT2D eigenvalue weighted by molar-refractivity contribution is 0.102. The summed E-state index contributed by atoms with van der Waals surface area (Å²) in [6, 6.07) is 4.36. The van der Waals surface area contributed by atoms with Gasteiger partial charge in [0.2, 0.25) is 0 Å². The van der Waals surface area contributed by atoms with Crippen molar-refractivity contribution < 1.29 is 4.79 Å². The van der Waals surface area contributed by atoms with E-state index in [1.165, 1.54) is 0 Å². The molecule has 0 aliphatic carbocycles. The molecule has 0 atom stereocenters. The summed E-state index contributed by atoms with van der Waals surface area (Å²) >= 11 is 0. The first kappa shape index (κ1) is 21.9. The molecular weight excluding hydrogens is 430 g/mol. The van der Waals surface area contributed by atoms with E-state index in [-0.39, 0.29) is 11.9 Å². The van der Waals surface area contributed by atoms with Crippen molar-refractivity contribution in [2.45, 2.75) is 38.8 Å². The third kappa shape index (κ3) is 4.86. The molecule has 10 heteroatoms. The van der Waals surface area contributed by atoms with Crippen molar-refractivity contribution >= 4 is 28.4 Å². The number of piperidine rings is 1. The molecular formula is C24H27N9O. The Bertz CT molecular complexity index is 1310.